The third kappa shape index (κ3) is 2.96. The van der Waals surface area contributed by atoms with Crippen molar-refractivity contribution in [3.05, 3.63) is 17.5 Å². The first kappa shape index (κ1) is 14.0. The molecule has 0 radical (unpaired) electrons. The fraction of sp³-hybridized carbons (Fsp3) is 0.692. The first-order chi connectivity index (χ1) is 9.17. The summed E-state index contributed by atoms with van der Waals surface area (Å²) in [5.74, 6) is -0.173. The second kappa shape index (κ2) is 6.16. The fourth-order valence-corrected chi connectivity index (χ4v) is 2.48. The Bertz CT molecular complexity index is 444. The van der Waals surface area contributed by atoms with Crippen LogP contribution in [0.5, 0.6) is 0 Å². The maximum Gasteiger partial charge on any atom is 0.224 e. The second-order valence-corrected chi connectivity index (χ2v) is 5.08. The molecule has 0 saturated heterocycles. The van der Waals surface area contributed by atoms with Crippen molar-refractivity contribution in [1.82, 2.24) is 15.1 Å². The molecule has 1 aliphatic carbocycles. The third-order valence-electron chi connectivity index (χ3n) is 3.69. The Morgan fingerprint density at radius 1 is 1.74 bits per heavy atom. The molecule has 0 fully saturated rings. The molecule has 6 heteroatoms. The Kier molecular flexibility index (Phi) is 4.55. The van der Waals surface area contributed by atoms with Gasteiger partial charge in [-0.1, -0.05) is 6.92 Å². The topological polar surface area (TPSA) is 93.2 Å². The average Bonchev–Trinajstić information content (AvgIpc) is 2.83. The summed E-state index contributed by atoms with van der Waals surface area (Å²) in [4.78, 5) is 11.9. The number of carbonyl (C=O) groups excluding carboxylic acids is 1. The third-order valence-corrected chi connectivity index (χ3v) is 3.69. The number of hydrogen-bond acceptors (Lipinski definition) is 4. The molecule has 2 atom stereocenters. The Balaban J connectivity index is 2.12. The minimum atomic E-state index is -0.169. The monoisotopic (exact) mass is 266 g/mol. The van der Waals surface area contributed by atoms with Crippen LogP contribution in [-0.2, 0) is 17.8 Å². The van der Waals surface area contributed by atoms with Crippen molar-refractivity contribution in [2.75, 3.05) is 13.2 Å². The van der Waals surface area contributed by atoms with Crippen molar-refractivity contribution >= 4 is 5.91 Å². The number of nitrogens with one attached hydrogen (secondary N) is 1. The van der Waals surface area contributed by atoms with Crippen molar-refractivity contribution in [3.8, 4) is 0 Å². The largest absolute Gasteiger partial charge is 0.394 e. The van der Waals surface area contributed by atoms with E-state index in [1.807, 2.05) is 17.8 Å². The lowest BCUT2D eigenvalue weighted by Gasteiger charge is -2.25. The van der Waals surface area contributed by atoms with Crippen LogP contribution in [0, 0.1) is 5.92 Å². The van der Waals surface area contributed by atoms with Gasteiger partial charge in [0.1, 0.15) is 0 Å². The van der Waals surface area contributed by atoms with E-state index in [0.717, 1.165) is 30.5 Å². The fourth-order valence-electron chi connectivity index (χ4n) is 2.48. The summed E-state index contributed by atoms with van der Waals surface area (Å²) in [5, 5.41) is 16.3. The molecule has 0 spiro atoms. The Labute approximate surface area is 113 Å². The van der Waals surface area contributed by atoms with Crippen LogP contribution in [-0.4, -0.2) is 33.9 Å². The second-order valence-electron chi connectivity index (χ2n) is 5.08. The zero-order chi connectivity index (χ0) is 13.8. The van der Waals surface area contributed by atoms with Gasteiger partial charge in [-0.05, 0) is 19.3 Å². The van der Waals surface area contributed by atoms with Crippen molar-refractivity contribution in [1.29, 1.82) is 0 Å². The van der Waals surface area contributed by atoms with Gasteiger partial charge in [-0.3, -0.25) is 9.48 Å². The first-order valence-corrected chi connectivity index (χ1v) is 6.83. The smallest absolute Gasteiger partial charge is 0.224 e. The lowest BCUT2D eigenvalue weighted by Crippen LogP contribution is -2.37. The number of aliphatic hydroxyl groups is 1. The minimum absolute atomic E-state index is 0.00439. The highest BCUT2D eigenvalue weighted by atomic mass is 16.3. The molecule has 1 aromatic rings. The molecule has 19 heavy (non-hydrogen) atoms. The van der Waals surface area contributed by atoms with Gasteiger partial charge < -0.3 is 16.2 Å². The van der Waals surface area contributed by atoms with Gasteiger partial charge in [0.15, 0.2) is 0 Å². The number of aliphatic hydroxyl groups excluding tert-OH is 1. The Hall–Kier alpha value is -1.40. The molecule has 1 amide bonds. The summed E-state index contributed by atoms with van der Waals surface area (Å²) in [6.45, 7) is 2.77. The summed E-state index contributed by atoms with van der Waals surface area (Å²) < 4.78 is 1.83. The van der Waals surface area contributed by atoms with E-state index in [2.05, 4.69) is 10.4 Å². The molecule has 0 aliphatic heterocycles. The highest BCUT2D eigenvalue weighted by Crippen LogP contribution is 2.29. The van der Waals surface area contributed by atoms with E-state index in [4.69, 9.17) is 10.8 Å². The van der Waals surface area contributed by atoms with E-state index in [-0.39, 0.29) is 24.5 Å². The number of aromatic nitrogens is 2. The van der Waals surface area contributed by atoms with Gasteiger partial charge in [0, 0.05) is 23.7 Å². The SMILES string of the molecule is CC(CN)C(=O)NC1CCCc2c1cnn2CCO. The molecule has 0 aromatic carbocycles. The quantitative estimate of drug-likeness (QED) is 0.697. The van der Waals surface area contributed by atoms with Gasteiger partial charge in [0.2, 0.25) is 5.91 Å². The zero-order valence-electron chi connectivity index (χ0n) is 11.3. The van der Waals surface area contributed by atoms with E-state index in [9.17, 15) is 4.79 Å². The summed E-state index contributed by atoms with van der Waals surface area (Å²) in [6.07, 6.45) is 4.71. The molecular formula is C13H22N4O2. The molecule has 4 N–H and O–H groups in total. The van der Waals surface area contributed by atoms with Gasteiger partial charge in [0.05, 0.1) is 25.4 Å². The maximum absolute atomic E-state index is 11.9. The molecule has 1 aliphatic rings. The maximum atomic E-state index is 11.9. The van der Waals surface area contributed by atoms with E-state index < -0.39 is 0 Å². The molecular weight excluding hydrogens is 244 g/mol. The molecule has 106 valence electrons. The number of amides is 1. The van der Waals surface area contributed by atoms with E-state index in [1.54, 1.807) is 0 Å². The predicted molar refractivity (Wildman–Crippen MR) is 71.4 cm³/mol. The van der Waals surface area contributed by atoms with Crippen LogP contribution in [0.4, 0.5) is 0 Å². The predicted octanol–water partition coefficient (Wildman–Crippen LogP) is -0.0362. The molecule has 0 bridgehead atoms. The number of rotatable bonds is 5. The van der Waals surface area contributed by atoms with Crippen LogP contribution in [0.15, 0.2) is 6.20 Å². The molecule has 0 saturated carbocycles. The van der Waals surface area contributed by atoms with E-state index >= 15 is 0 Å². The minimum Gasteiger partial charge on any atom is -0.394 e. The average molecular weight is 266 g/mol. The van der Waals surface area contributed by atoms with Gasteiger partial charge in [0.25, 0.3) is 0 Å². The highest BCUT2D eigenvalue weighted by molar-refractivity contribution is 5.79. The van der Waals surface area contributed by atoms with Crippen LogP contribution < -0.4 is 11.1 Å². The summed E-state index contributed by atoms with van der Waals surface area (Å²) in [6, 6.07) is 0.0256. The first-order valence-electron chi connectivity index (χ1n) is 6.83. The molecule has 1 aromatic heterocycles. The van der Waals surface area contributed by atoms with Gasteiger partial charge in [-0.15, -0.1) is 0 Å². The number of carbonyl (C=O) groups is 1. The van der Waals surface area contributed by atoms with Crippen LogP contribution in [0.2, 0.25) is 0 Å². The van der Waals surface area contributed by atoms with Crippen LogP contribution in [0.1, 0.15) is 37.1 Å². The van der Waals surface area contributed by atoms with Gasteiger partial charge in [-0.25, -0.2) is 0 Å². The van der Waals surface area contributed by atoms with E-state index in [1.165, 1.54) is 0 Å². The van der Waals surface area contributed by atoms with Crippen molar-refractivity contribution in [3.63, 3.8) is 0 Å². The molecule has 6 nitrogen and oxygen atoms in total. The van der Waals surface area contributed by atoms with Crippen molar-refractivity contribution in [2.24, 2.45) is 11.7 Å². The number of nitrogens with two attached hydrogens (primary N) is 1. The van der Waals surface area contributed by atoms with Crippen LogP contribution in [0.3, 0.4) is 0 Å². The van der Waals surface area contributed by atoms with Crippen LogP contribution in [0.25, 0.3) is 0 Å². The Morgan fingerprint density at radius 3 is 3.21 bits per heavy atom. The lowest BCUT2D eigenvalue weighted by atomic mass is 9.92. The number of hydrogen-bond donors (Lipinski definition) is 3. The number of nitrogens with zero attached hydrogens (tertiary/aromatic N) is 2. The summed E-state index contributed by atoms with van der Waals surface area (Å²) >= 11 is 0. The highest BCUT2D eigenvalue weighted by Gasteiger charge is 2.26. The van der Waals surface area contributed by atoms with Crippen molar-refractivity contribution in [2.45, 2.75) is 38.8 Å². The van der Waals surface area contributed by atoms with Gasteiger partial charge >= 0.3 is 0 Å². The van der Waals surface area contributed by atoms with Crippen molar-refractivity contribution < 1.29 is 9.90 Å². The Morgan fingerprint density at radius 2 is 2.53 bits per heavy atom. The van der Waals surface area contributed by atoms with Gasteiger partial charge in [-0.2, -0.15) is 5.10 Å². The lowest BCUT2D eigenvalue weighted by molar-refractivity contribution is -0.125. The number of fused-ring (bicyclic) bond motifs is 1. The molecule has 1 heterocycles. The summed E-state index contributed by atoms with van der Waals surface area (Å²) in [5.41, 5.74) is 7.72. The summed E-state index contributed by atoms with van der Waals surface area (Å²) in [7, 11) is 0. The molecule has 2 unspecified atom stereocenters. The zero-order valence-corrected chi connectivity index (χ0v) is 11.3. The normalized spacial score (nSPS) is 19.8. The van der Waals surface area contributed by atoms with E-state index in [0.29, 0.717) is 13.1 Å². The molecule has 2 rings (SSSR count). The van der Waals surface area contributed by atoms with Crippen LogP contribution >= 0.6 is 0 Å². The standard InChI is InChI=1S/C13H22N4O2/c1-9(7-14)13(19)16-11-3-2-4-12-10(11)8-15-17(12)5-6-18/h8-9,11,18H,2-7,14H2,1H3,(H,16,19).